The average Bonchev–Trinajstić information content (AvgIpc) is 3.39. The monoisotopic (exact) mass is 606 g/mol. The lowest BCUT2D eigenvalue weighted by molar-refractivity contribution is -0.130. The number of nitrogens with zero attached hydrogens (tertiary/aromatic N) is 1. The van der Waals surface area contributed by atoms with Crippen LogP contribution in [0.15, 0.2) is 77.7 Å². The summed E-state index contributed by atoms with van der Waals surface area (Å²) in [6, 6.07) is 12.8. The van der Waals surface area contributed by atoms with Gasteiger partial charge in [0.15, 0.2) is 5.78 Å². The first-order chi connectivity index (χ1) is 21.1. The number of rotatable bonds is 15. The number of halogens is 2. The summed E-state index contributed by atoms with van der Waals surface area (Å²) >= 11 is 0. The minimum Gasteiger partial charge on any atom is -0.487 e. The molecule has 1 atom stereocenters. The zero-order valence-corrected chi connectivity index (χ0v) is 24.0. The number of amides is 2. The van der Waals surface area contributed by atoms with Gasteiger partial charge in [0.2, 0.25) is 11.8 Å². The van der Waals surface area contributed by atoms with E-state index in [0.29, 0.717) is 23.4 Å². The summed E-state index contributed by atoms with van der Waals surface area (Å²) in [5.41, 5.74) is 6.50. The van der Waals surface area contributed by atoms with Crippen molar-refractivity contribution < 1.29 is 32.6 Å². The van der Waals surface area contributed by atoms with Crippen molar-refractivity contribution in [2.45, 2.75) is 38.5 Å². The summed E-state index contributed by atoms with van der Waals surface area (Å²) in [5, 5.41) is 3.42. The second-order valence-electron chi connectivity index (χ2n) is 10.1. The molecule has 0 spiro atoms. The molecule has 0 fully saturated rings. The lowest BCUT2D eigenvalue weighted by Gasteiger charge is -2.17. The maximum absolute atomic E-state index is 14.1. The van der Waals surface area contributed by atoms with Gasteiger partial charge >= 0.3 is 0 Å². The molecule has 4 N–H and O–H groups in total. The first-order valence-electron chi connectivity index (χ1n) is 13.8. The summed E-state index contributed by atoms with van der Waals surface area (Å²) in [6.07, 6.45) is 4.57. The Morgan fingerprint density at radius 3 is 2.66 bits per heavy atom. The van der Waals surface area contributed by atoms with E-state index in [0.717, 1.165) is 17.5 Å². The summed E-state index contributed by atoms with van der Waals surface area (Å²) in [4.78, 5) is 52.8. The maximum atomic E-state index is 14.1. The van der Waals surface area contributed by atoms with Gasteiger partial charge in [0.1, 0.15) is 30.6 Å². The van der Waals surface area contributed by atoms with Crippen LogP contribution in [-0.4, -0.2) is 46.9 Å². The van der Waals surface area contributed by atoms with E-state index in [-0.39, 0.29) is 55.1 Å². The average molecular weight is 607 g/mol. The Bertz CT molecular complexity index is 1750. The number of methoxy groups -OCH3 is 1. The third-order valence-corrected chi connectivity index (χ3v) is 6.78. The number of aromatic nitrogens is 2. The molecule has 0 saturated heterocycles. The number of hydrogen-bond donors (Lipinski definition) is 3. The van der Waals surface area contributed by atoms with Gasteiger partial charge in [-0.25, -0.2) is 8.78 Å². The van der Waals surface area contributed by atoms with Crippen LogP contribution in [0.3, 0.4) is 0 Å². The SMILES string of the molecule is COCC(=O)N[C@@H](CC/C=C/C(N)=O)C(=O)Cc1cccn(Cc2cc3cccc(OCc4ccc(F)cc4F)c3[nH]2)c1=O. The molecular weight excluding hydrogens is 574 g/mol. The highest BCUT2D eigenvalue weighted by Crippen LogP contribution is 2.27. The number of fused-ring (bicyclic) bond motifs is 1. The molecule has 2 heterocycles. The number of aromatic amines is 1. The number of Topliss-reactive ketones (excluding diaryl/α,β-unsaturated/α-hetero) is 1. The van der Waals surface area contributed by atoms with Crippen molar-refractivity contribution in [2.75, 3.05) is 13.7 Å². The van der Waals surface area contributed by atoms with Crippen LogP contribution in [-0.2, 0) is 38.7 Å². The molecule has 0 aliphatic rings. The van der Waals surface area contributed by atoms with Crippen molar-refractivity contribution in [3.63, 3.8) is 0 Å². The summed E-state index contributed by atoms with van der Waals surface area (Å²) < 4.78 is 39.4. The van der Waals surface area contributed by atoms with Gasteiger partial charge in [0.25, 0.3) is 5.56 Å². The van der Waals surface area contributed by atoms with Crippen molar-refractivity contribution >= 4 is 28.5 Å². The van der Waals surface area contributed by atoms with Gasteiger partial charge in [-0.15, -0.1) is 0 Å². The number of nitrogens with two attached hydrogens (primary N) is 1. The van der Waals surface area contributed by atoms with Crippen molar-refractivity contribution in [2.24, 2.45) is 5.73 Å². The predicted molar refractivity (Wildman–Crippen MR) is 159 cm³/mol. The number of primary amides is 1. The van der Waals surface area contributed by atoms with Gasteiger partial charge < -0.3 is 30.1 Å². The molecule has 10 nitrogen and oxygen atoms in total. The molecule has 4 aromatic rings. The van der Waals surface area contributed by atoms with Crippen LogP contribution < -0.4 is 21.3 Å². The van der Waals surface area contributed by atoms with Crippen LogP contribution in [0, 0.1) is 11.6 Å². The summed E-state index contributed by atoms with van der Waals surface area (Å²) in [5.74, 6) is -2.40. The fourth-order valence-electron chi connectivity index (χ4n) is 4.67. The molecule has 0 bridgehead atoms. The highest BCUT2D eigenvalue weighted by molar-refractivity contribution is 5.91. The molecule has 0 unspecified atom stereocenters. The molecule has 2 amide bonds. The molecule has 0 aliphatic carbocycles. The first kappa shape index (κ1) is 31.8. The number of carbonyl (C=O) groups is 3. The molecule has 4 rings (SSSR count). The van der Waals surface area contributed by atoms with Gasteiger partial charge in [-0.05, 0) is 49.2 Å². The lowest BCUT2D eigenvalue weighted by Crippen LogP contribution is -2.43. The van der Waals surface area contributed by atoms with Gasteiger partial charge in [0.05, 0.1) is 18.1 Å². The van der Waals surface area contributed by atoms with E-state index < -0.39 is 29.5 Å². The summed E-state index contributed by atoms with van der Waals surface area (Å²) in [7, 11) is 1.36. The Kier molecular flexibility index (Phi) is 10.8. The molecule has 0 radical (unpaired) electrons. The molecular formula is C32H32F2N4O6. The molecule has 44 heavy (non-hydrogen) atoms. The Morgan fingerprint density at radius 1 is 1.09 bits per heavy atom. The number of para-hydroxylation sites is 1. The number of benzene rings is 2. The molecule has 12 heteroatoms. The van der Waals surface area contributed by atoms with Crippen molar-refractivity contribution in [1.82, 2.24) is 14.9 Å². The van der Waals surface area contributed by atoms with Crippen LogP contribution in [0.2, 0.25) is 0 Å². The van der Waals surface area contributed by atoms with Gasteiger partial charge in [-0.1, -0.05) is 24.3 Å². The third kappa shape index (κ3) is 8.48. The first-order valence-corrected chi connectivity index (χ1v) is 13.8. The lowest BCUT2D eigenvalue weighted by atomic mass is 10.0. The second-order valence-corrected chi connectivity index (χ2v) is 10.1. The smallest absolute Gasteiger partial charge is 0.254 e. The quantitative estimate of drug-likeness (QED) is 0.177. The molecule has 0 saturated carbocycles. The minimum absolute atomic E-state index is 0.108. The van der Waals surface area contributed by atoms with Gasteiger partial charge in [-0.3, -0.25) is 19.2 Å². The van der Waals surface area contributed by atoms with E-state index in [9.17, 15) is 28.0 Å². The van der Waals surface area contributed by atoms with Crippen LogP contribution >= 0.6 is 0 Å². The molecule has 2 aromatic carbocycles. The number of allylic oxidation sites excluding steroid dienone is 1. The van der Waals surface area contributed by atoms with Crippen molar-refractivity contribution in [3.05, 3.63) is 112 Å². The molecule has 2 aromatic heterocycles. The zero-order valence-electron chi connectivity index (χ0n) is 24.0. The third-order valence-electron chi connectivity index (χ3n) is 6.78. The Hall–Kier alpha value is -5.10. The minimum atomic E-state index is -0.904. The number of nitrogens with one attached hydrogen (secondary N) is 2. The fraction of sp³-hybridized carbons (Fsp3) is 0.250. The number of pyridine rings is 1. The highest BCUT2D eigenvalue weighted by atomic mass is 19.1. The number of carbonyl (C=O) groups excluding carboxylic acids is 3. The Morgan fingerprint density at radius 2 is 1.91 bits per heavy atom. The maximum Gasteiger partial charge on any atom is 0.254 e. The van der Waals surface area contributed by atoms with Crippen molar-refractivity contribution in [3.8, 4) is 5.75 Å². The van der Waals surface area contributed by atoms with Gasteiger partial charge in [0, 0.05) is 48.0 Å². The van der Waals surface area contributed by atoms with E-state index in [2.05, 4.69) is 10.3 Å². The number of ketones is 1. The second kappa shape index (κ2) is 14.9. The van der Waals surface area contributed by atoms with E-state index in [1.807, 2.05) is 12.1 Å². The van der Waals surface area contributed by atoms with E-state index in [4.69, 9.17) is 15.2 Å². The normalized spacial score (nSPS) is 12.0. The Labute approximate surface area is 251 Å². The van der Waals surface area contributed by atoms with E-state index in [1.54, 1.807) is 30.5 Å². The standard InChI is InChI=1S/C32H32F2N4O6/c1-43-19-30(41)37-26(8-2-3-10-29(35)40)27(39)15-21-7-5-13-38(32(21)42)17-24-14-20-6-4-9-28(31(20)36-24)44-18-22-11-12-23(33)16-25(22)34/h3-7,9-14,16,26,36H,2,8,15,17-19H2,1H3,(H2,35,40)(H,37,41)/b10-3+/t26-/m0/s1. The van der Waals surface area contributed by atoms with Crippen molar-refractivity contribution in [1.29, 1.82) is 0 Å². The number of ether oxygens (including phenoxy) is 2. The van der Waals surface area contributed by atoms with E-state index in [1.165, 1.54) is 29.9 Å². The van der Waals surface area contributed by atoms with Crippen LogP contribution in [0.4, 0.5) is 8.78 Å². The topological polar surface area (TPSA) is 146 Å². The zero-order chi connectivity index (χ0) is 31.6. The van der Waals surface area contributed by atoms with Gasteiger partial charge in [-0.2, -0.15) is 0 Å². The summed E-state index contributed by atoms with van der Waals surface area (Å²) in [6.45, 7) is -0.184. The largest absolute Gasteiger partial charge is 0.487 e. The molecule has 0 aliphatic heterocycles. The van der Waals surface area contributed by atoms with E-state index >= 15 is 0 Å². The number of hydrogen-bond acceptors (Lipinski definition) is 6. The van der Waals surface area contributed by atoms with Crippen LogP contribution in [0.25, 0.3) is 10.9 Å². The Balaban J connectivity index is 1.48. The fourth-order valence-corrected chi connectivity index (χ4v) is 4.67. The van der Waals surface area contributed by atoms with Crippen LogP contribution in [0.5, 0.6) is 5.75 Å². The number of H-pyrrole nitrogens is 1. The predicted octanol–water partition coefficient (Wildman–Crippen LogP) is 3.30. The molecule has 230 valence electrons. The highest BCUT2D eigenvalue weighted by Gasteiger charge is 2.22. The van der Waals surface area contributed by atoms with Crippen LogP contribution in [0.1, 0.15) is 29.7 Å².